The molecule has 2 aromatic rings. The van der Waals surface area contributed by atoms with Crippen LogP contribution in [0.4, 0.5) is 4.39 Å². The molecule has 0 bridgehead atoms. The van der Waals surface area contributed by atoms with Gasteiger partial charge in [0.1, 0.15) is 16.5 Å². The van der Waals surface area contributed by atoms with Gasteiger partial charge in [-0.25, -0.2) is 14.4 Å². The molecule has 5 nitrogen and oxygen atoms in total. The number of thiazole rings is 1. The molecule has 1 atom stereocenters. The van der Waals surface area contributed by atoms with E-state index in [1.54, 1.807) is 11.3 Å². The summed E-state index contributed by atoms with van der Waals surface area (Å²) >= 11 is 1.70. The van der Waals surface area contributed by atoms with Gasteiger partial charge in [0.15, 0.2) is 0 Å². The van der Waals surface area contributed by atoms with Crippen LogP contribution in [0.25, 0.3) is 0 Å². The zero-order valence-electron chi connectivity index (χ0n) is 14.2. The molecular formula is C18H21FN4OS. The molecule has 0 N–H and O–H groups in total. The van der Waals surface area contributed by atoms with Crippen LogP contribution in [0.15, 0.2) is 29.9 Å². The Kier molecular flexibility index (Phi) is 4.29. The largest absolute Gasteiger partial charge is 0.337 e. The molecule has 2 fully saturated rings. The highest BCUT2D eigenvalue weighted by molar-refractivity contribution is 7.09. The molecule has 25 heavy (non-hydrogen) atoms. The number of carbonyl (C=O) groups excluding carboxylic acids is 1. The maximum atomic E-state index is 13.0. The van der Waals surface area contributed by atoms with Crippen LogP contribution in [0.5, 0.6) is 0 Å². The lowest BCUT2D eigenvalue weighted by molar-refractivity contribution is 0.0651. The fraction of sp³-hybridized carbons (Fsp3) is 0.500. The highest BCUT2D eigenvalue weighted by Crippen LogP contribution is 2.56. The first-order valence-electron chi connectivity index (χ1n) is 8.57. The Balaban J connectivity index is 1.33. The van der Waals surface area contributed by atoms with Gasteiger partial charge in [-0.1, -0.05) is 0 Å². The van der Waals surface area contributed by atoms with Crippen LogP contribution >= 0.6 is 11.3 Å². The third kappa shape index (κ3) is 3.30. The molecular weight excluding hydrogens is 339 g/mol. The average Bonchev–Trinajstić information content (AvgIpc) is 3.07. The molecule has 1 spiro atoms. The first kappa shape index (κ1) is 16.6. The Morgan fingerprint density at radius 2 is 2.20 bits per heavy atom. The number of aromatic nitrogens is 2. The van der Waals surface area contributed by atoms with Crippen LogP contribution in [-0.2, 0) is 6.54 Å². The van der Waals surface area contributed by atoms with E-state index in [1.807, 2.05) is 16.5 Å². The number of rotatable bonds is 4. The number of pyridine rings is 1. The van der Waals surface area contributed by atoms with Gasteiger partial charge in [0.05, 0.1) is 12.7 Å². The maximum absolute atomic E-state index is 13.0. The summed E-state index contributed by atoms with van der Waals surface area (Å²) in [6, 6.07) is 3.33. The number of hydrogen-bond acceptors (Lipinski definition) is 5. The Bertz CT molecular complexity index is 741. The number of halogens is 1. The smallest absolute Gasteiger partial charge is 0.272 e. The van der Waals surface area contributed by atoms with Gasteiger partial charge in [-0.2, -0.15) is 0 Å². The molecule has 0 aromatic carbocycles. The molecule has 1 saturated carbocycles. The topological polar surface area (TPSA) is 49.3 Å². The summed E-state index contributed by atoms with van der Waals surface area (Å²) in [6.07, 6.45) is 6.19. The Hall–Kier alpha value is -1.86. The van der Waals surface area contributed by atoms with Crippen LogP contribution < -0.4 is 0 Å². The molecule has 1 amide bonds. The number of carbonyl (C=O) groups is 1. The van der Waals surface area contributed by atoms with Crippen molar-refractivity contribution in [1.29, 1.82) is 0 Å². The lowest BCUT2D eigenvalue weighted by Gasteiger charge is -2.34. The molecule has 4 rings (SSSR count). The minimum atomic E-state index is -0.418. The summed E-state index contributed by atoms with van der Waals surface area (Å²) in [5.41, 5.74) is 0.671. The average molecular weight is 360 g/mol. The minimum Gasteiger partial charge on any atom is -0.337 e. The van der Waals surface area contributed by atoms with Crippen molar-refractivity contribution in [3.63, 3.8) is 0 Å². The number of amides is 1. The van der Waals surface area contributed by atoms with E-state index in [4.69, 9.17) is 0 Å². The summed E-state index contributed by atoms with van der Waals surface area (Å²) in [4.78, 5) is 25.0. The quantitative estimate of drug-likeness (QED) is 0.841. The van der Waals surface area contributed by atoms with Crippen LogP contribution in [-0.4, -0.2) is 51.9 Å². The van der Waals surface area contributed by atoms with Gasteiger partial charge in [-0.15, -0.1) is 11.3 Å². The second kappa shape index (κ2) is 6.46. The van der Waals surface area contributed by atoms with Crippen molar-refractivity contribution in [2.45, 2.75) is 31.8 Å². The van der Waals surface area contributed by atoms with Crippen LogP contribution in [0.1, 0.15) is 34.8 Å². The van der Waals surface area contributed by atoms with E-state index < -0.39 is 5.82 Å². The van der Waals surface area contributed by atoms with E-state index in [1.165, 1.54) is 18.6 Å². The van der Waals surface area contributed by atoms with Crippen LogP contribution in [0.2, 0.25) is 0 Å². The molecule has 132 valence electrons. The van der Waals surface area contributed by atoms with Crippen molar-refractivity contribution >= 4 is 17.2 Å². The van der Waals surface area contributed by atoms with Gasteiger partial charge in [0.2, 0.25) is 0 Å². The van der Waals surface area contributed by atoms with E-state index in [0.717, 1.165) is 43.7 Å². The molecule has 1 aliphatic heterocycles. The standard InChI is InChI=1S/C18H21FN4OS/c1-22(12-16-20-6-9-25-16)15-10-18(15)4-7-23(8-5-18)17(24)14-3-2-13(19)11-21-14/h2-3,6,9,11,15H,4-5,7-8,10,12H2,1H3/t15-/m0/s1. The molecule has 1 aliphatic carbocycles. The predicted octanol–water partition coefficient (Wildman–Crippen LogP) is 2.80. The number of nitrogens with zero attached hydrogens (tertiary/aromatic N) is 4. The van der Waals surface area contributed by atoms with E-state index in [2.05, 4.69) is 21.9 Å². The summed E-state index contributed by atoms with van der Waals surface area (Å²) < 4.78 is 13.0. The highest BCUT2D eigenvalue weighted by Gasteiger charge is 2.56. The Morgan fingerprint density at radius 3 is 2.84 bits per heavy atom. The van der Waals surface area contributed by atoms with Crippen LogP contribution in [0, 0.1) is 11.2 Å². The van der Waals surface area contributed by atoms with Crippen molar-refractivity contribution in [1.82, 2.24) is 19.8 Å². The van der Waals surface area contributed by atoms with Crippen molar-refractivity contribution < 1.29 is 9.18 Å². The molecule has 1 saturated heterocycles. The van der Waals surface area contributed by atoms with Crippen molar-refractivity contribution in [3.05, 3.63) is 46.4 Å². The summed E-state index contributed by atoms with van der Waals surface area (Å²) in [5, 5.41) is 3.17. The maximum Gasteiger partial charge on any atom is 0.272 e. The fourth-order valence-electron chi connectivity index (χ4n) is 3.96. The molecule has 3 heterocycles. The van der Waals surface area contributed by atoms with E-state index >= 15 is 0 Å². The predicted molar refractivity (Wildman–Crippen MR) is 93.8 cm³/mol. The van der Waals surface area contributed by atoms with Crippen molar-refractivity contribution in [3.8, 4) is 0 Å². The lowest BCUT2D eigenvalue weighted by atomic mass is 9.92. The fourth-order valence-corrected chi connectivity index (χ4v) is 4.64. The minimum absolute atomic E-state index is 0.0943. The van der Waals surface area contributed by atoms with Gasteiger partial charge in [0.25, 0.3) is 5.91 Å². The third-order valence-corrected chi connectivity index (χ3v) is 6.30. The van der Waals surface area contributed by atoms with Gasteiger partial charge in [-0.05, 0) is 43.9 Å². The van der Waals surface area contributed by atoms with E-state index in [-0.39, 0.29) is 5.91 Å². The number of piperidine rings is 1. The number of likely N-dealkylation sites (tertiary alicyclic amines) is 1. The van der Waals surface area contributed by atoms with Crippen molar-refractivity contribution in [2.75, 3.05) is 20.1 Å². The monoisotopic (exact) mass is 360 g/mol. The second-order valence-electron chi connectivity index (χ2n) is 7.08. The summed E-state index contributed by atoms with van der Waals surface area (Å²) in [6.45, 7) is 2.39. The van der Waals surface area contributed by atoms with E-state index in [9.17, 15) is 9.18 Å². The first-order valence-corrected chi connectivity index (χ1v) is 9.45. The van der Waals surface area contributed by atoms with E-state index in [0.29, 0.717) is 17.2 Å². The van der Waals surface area contributed by atoms with Crippen LogP contribution in [0.3, 0.4) is 0 Å². The van der Waals surface area contributed by atoms with Gasteiger partial charge in [-0.3, -0.25) is 9.69 Å². The normalized spacial score (nSPS) is 21.7. The SMILES string of the molecule is CN(Cc1nccs1)[C@H]1CC12CCN(C(=O)c1ccc(F)cn1)CC2. The Labute approximate surface area is 150 Å². The summed E-state index contributed by atoms with van der Waals surface area (Å²) in [7, 11) is 2.17. The zero-order chi connectivity index (χ0) is 17.4. The zero-order valence-corrected chi connectivity index (χ0v) is 15.0. The summed E-state index contributed by atoms with van der Waals surface area (Å²) in [5.74, 6) is -0.513. The molecule has 2 aliphatic rings. The Morgan fingerprint density at radius 1 is 1.40 bits per heavy atom. The molecule has 7 heteroatoms. The third-order valence-electron chi connectivity index (χ3n) is 5.54. The molecule has 0 unspecified atom stereocenters. The highest BCUT2D eigenvalue weighted by atomic mass is 32.1. The van der Waals surface area contributed by atoms with Gasteiger partial charge < -0.3 is 4.90 Å². The molecule has 0 radical (unpaired) electrons. The first-order chi connectivity index (χ1) is 12.1. The second-order valence-corrected chi connectivity index (χ2v) is 8.06. The van der Waals surface area contributed by atoms with Gasteiger partial charge in [0, 0.05) is 30.7 Å². The van der Waals surface area contributed by atoms with Crippen molar-refractivity contribution in [2.24, 2.45) is 5.41 Å². The molecule has 2 aromatic heterocycles. The van der Waals surface area contributed by atoms with Gasteiger partial charge >= 0.3 is 0 Å². The number of hydrogen-bond donors (Lipinski definition) is 0. The lowest BCUT2D eigenvalue weighted by Crippen LogP contribution is -2.41.